The van der Waals surface area contributed by atoms with Gasteiger partial charge in [-0.15, -0.1) is 0 Å². The molecule has 19 heavy (non-hydrogen) atoms. The molecule has 0 saturated heterocycles. The maximum absolute atomic E-state index is 12.3. The number of benzene rings is 1. The molecule has 5 heteroatoms. The molecule has 2 heterocycles. The molecule has 0 N–H and O–H groups in total. The minimum Gasteiger partial charge on any atom is -0.308 e. The lowest BCUT2D eigenvalue weighted by Gasteiger charge is -2.07. The normalized spacial score (nSPS) is 11.1. The molecule has 3 aromatic rings. The maximum Gasteiger partial charge on any atom is 0.276 e. The van der Waals surface area contributed by atoms with Crippen molar-refractivity contribution in [3.63, 3.8) is 0 Å². The van der Waals surface area contributed by atoms with Crippen LogP contribution in [-0.4, -0.2) is 14.2 Å². The second-order valence-corrected chi connectivity index (χ2v) is 5.29. The van der Waals surface area contributed by atoms with Crippen LogP contribution in [0.5, 0.6) is 0 Å². The zero-order valence-corrected chi connectivity index (χ0v) is 12.0. The van der Waals surface area contributed by atoms with E-state index < -0.39 is 0 Å². The van der Waals surface area contributed by atoms with Crippen LogP contribution in [0.1, 0.15) is 11.3 Å². The van der Waals surface area contributed by atoms with E-state index >= 15 is 0 Å². The van der Waals surface area contributed by atoms with E-state index in [9.17, 15) is 4.79 Å². The average Bonchev–Trinajstić information content (AvgIpc) is 2.77. The molecule has 0 fully saturated rings. The first-order chi connectivity index (χ1) is 9.15. The molecule has 4 nitrogen and oxygen atoms in total. The van der Waals surface area contributed by atoms with Crippen molar-refractivity contribution in [2.75, 3.05) is 0 Å². The molecule has 0 spiro atoms. The lowest BCUT2D eigenvalue weighted by molar-refractivity contribution is 0.740. The Morgan fingerprint density at radius 3 is 2.84 bits per heavy atom. The van der Waals surface area contributed by atoms with E-state index in [-0.39, 0.29) is 5.56 Å². The topological polar surface area (TPSA) is 39.3 Å². The van der Waals surface area contributed by atoms with Crippen molar-refractivity contribution in [3.8, 4) is 0 Å². The van der Waals surface area contributed by atoms with Gasteiger partial charge in [0.2, 0.25) is 0 Å². The van der Waals surface area contributed by atoms with Gasteiger partial charge in [-0.05, 0) is 24.6 Å². The van der Waals surface area contributed by atoms with Crippen LogP contribution >= 0.6 is 15.9 Å². The highest BCUT2D eigenvalue weighted by molar-refractivity contribution is 9.10. The fourth-order valence-corrected chi connectivity index (χ4v) is 2.49. The summed E-state index contributed by atoms with van der Waals surface area (Å²) in [6, 6.07) is 9.70. The molecule has 1 aromatic carbocycles. The number of hydrogen-bond donors (Lipinski definition) is 0. The number of aromatic nitrogens is 3. The highest BCUT2D eigenvalue weighted by Gasteiger charge is 2.07. The van der Waals surface area contributed by atoms with E-state index in [0.29, 0.717) is 12.1 Å². The van der Waals surface area contributed by atoms with Crippen LogP contribution in [0.2, 0.25) is 0 Å². The molecule has 0 radical (unpaired) electrons. The van der Waals surface area contributed by atoms with E-state index in [2.05, 4.69) is 21.0 Å². The Labute approximate surface area is 118 Å². The Bertz CT molecular complexity index is 804. The summed E-state index contributed by atoms with van der Waals surface area (Å²) in [4.78, 5) is 12.3. The lowest BCUT2D eigenvalue weighted by Crippen LogP contribution is -2.21. The van der Waals surface area contributed by atoms with Crippen molar-refractivity contribution < 1.29 is 0 Å². The van der Waals surface area contributed by atoms with E-state index in [1.54, 1.807) is 27.5 Å². The van der Waals surface area contributed by atoms with Gasteiger partial charge >= 0.3 is 0 Å². The van der Waals surface area contributed by atoms with E-state index in [1.165, 1.54) is 0 Å². The Hall–Kier alpha value is -1.88. The van der Waals surface area contributed by atoms with Crippen molar-refractivity contribution in [2.24, 2.45) is 0 Å². The van der Waals surface area contributed by atoms with Crippen LogP contribution in [0.4, 0.5) is 0 Å². The first-order valence-electron chi connectivity index (χ1n) is 5.94. The van der Waals surface area contributed by atoms with Gasteiger partial charge in [0.1, 0.15) is 5.52 Å². The van der Waals surface area contributed by atoms with Crippen LogP contribution in [0, 0.1) is 6.92 Å². The highest BCUT2D eigenvalue weighted by Crippen LogP contribution is 2.16. The number of rotatable bonds is 2. The van der Waals surface area contributed by atoms with E-state index in [4.69, 9.17) is 0 Å². The van der Waals surface area contributed by atoms with Gasteiger partial charge < -0.3 is 4.57 Å². The number of fused-ring (bicyclic) bond motifs is 1. The molecule has 0 unspecified atom stereocenters. The van der Waals surface area contributed by atoms with Crippen molar-refractivity contribution in [3.05, 3.63) is 68.8 Å². The molecule has 0 aliphatic carbocycles. The number of hydrogen-bond acceptors (Lipinski definition) is 2. The summed E-state index contributed by atoms with van der Waals surface area (Å²) in [5.41, 5.74) is 2.49. The Kier molecular flexibility index (Phi) is 2.98. The predicted octanol–water partition coefficient (Wildman–Crippen LogP) is 2.62. The number of aryl methyl sites for hydroxylation is 1. The smallest absolute Gasteiger partial charge is 0.276 e. The molecule has 0 saturated carbocycles. The molecule has 0 amide bonds. The number of halogens is 1. The molecule has 3 rings (SSSR count). The zero-order valence-electron chi connectivity index (χ0n) is 10.4. The standard InChI is InChI=1S/C14H12BrN3O/c1-10-8-13-14(19)17(6-7-18(13)16-10)9-11-4-2-3-5-12(11)15/h2-8H,9H2,1H3. The molecule has 2 aromatic heterocycles. The summed E-state index contributed by atoms with van der Waals surface area (Å²) in [5, 5.41) is 4.23. The van der Waals surface area contributed by atoms with Crippen LogP contribution in [-0.2, 0) is 6.54 Å². The highest BCUT2D eigenvalue weighted by atomic mass is 79.9. The van der Waals surface area contributed by atoms with Gasteiger partial charge in [0, 0.05) is 16.9 Å². The molecule has 0 aliphatic rings. The third kappa shape index (κ3) is 2.21. The largest absolute Gasteiger partial charge is 0.308 e. The third-order valence-corrected chi connectivity index (χ3v) is 3.80. The molecular weight excluding hydrogens is 306 g/mol. The van der Waals surface area contributed by atoms with Gasteiger partial charge in [0.05, 0.1) is 12.2 Å². The summed E-state index contributed by atoms with van der Waals surface area (Å²) in [5.74, 6) is 0. The first kappa shape index (κ1) is 12.2. The van der Waals surface area contributed by atoms with Crippen LogP contribution in [0.15, 0.2) is 52.0 Å². The van der Waals surface area contributed by atoms with Gasteiger partial charge in [-0.1, -0.05) is 34.1 Å². The summed E-state index contributed by atoms with van der Waals surface area (Å²) in [6.07, 6.45) is 3.57. The second kappa shape index (κ2) is 4.66. The SMILES string of the molecule is Cc1cc2c(=O)n(Cc3ccccc3Br)ccn2n1. The molecule has 0 atom stereocenters. The molecule has 0 bridgehead atoms. The van der Waals surface area contributed by atoms with Crippen molar-refractivity contribution in [1.29, 1.82) is 0 Å². The summed E-state index contributed by atoms with van der Waals surface area (Å²) in [7, 11) is 0. The lowest BCUT2D eigenvalue weighted by atomic mass is 10.2. The summed E-state index contributed by atoms with van der Waals surface area (Å²) in [6.45, 7) is 2.42. The van der Waals surface area contributed by atoms with Crippen molar-refractivity contribution in [1.82, 2.24) is 14.2 Å². The zero-order chi connectivity index (χ0) is 13.4. The van der Waals surface area contributed by atoms with Crippen molar-refractivity contribution in [2.45, 2.75) is 13.5 Å². The van der Waals surface area contributed by atoms with Gasteiger partial charge in [0.25, 0.3) is 5.56 Å². The molecule has 96 valence electrons. The minimum absolute atomic E-state index is 0.0288. The fourth-order valence-electron chi connectivity index (χ4n) is 2.08. The quantitative estimate of drug-likeness (QED) is 0.729. The minimum atomic E-state index is -0.0288. The van der Waals surface area contributed by atoms with Crippen LogP contribution in [0.25, 0.3) is 5.52 Å². The second-order valence-electron chi connectivity index (χ2n) is 4.44. The maximum atomic E-state index is 12.3. The molecular formula is C14H12BrN3O. The summed E-state index contributed by atoms with van der Waals surface area (Å²) < 4.78 is 4.32. The van der Waals surface area contributed by atoms with E-state index in [1.807, 2.05) is 31.2 Å². The number of nitrogens with zero attached hydrogens (tertiary/aromatic N) is 3. The Balaban J connectivity index is 2.09. The third-order valence-electron chi connectivity index (χ3n) is 3.02. The van der Waals surface area contributed by atoms with Crippen LogP contribution in [0.3, 0.4) is 0 Å². The van der Waals surface area contributed by atoms with Crippen molar-refractivity contribution >= 4 is 21.4 Å². The molecule has 0 aliphatic heterocycles. The Morgan fingerprint density at radius 2 is 2.05 bits per heavy atom. The van der Waals surface area contributed by atoms with Crippen LogP contribution < -0.4 is 5.56 Å². The average molecular weight is 318 g/mol. The van der Waals surface area contributed by atoms with Gasteiger partial charge in [0.15, 0.2) is 0 Å². The Morgan fingerprint density at radius 1 is 1.26 bits per heavy atom. The van der Waals surface area contributed by atoms with E-state index in [0.717, 1.165) is 15.7 Å². The van der Waals surface area contributed by atoms with Gasteiger partial charge in [-0.25, -0.2) is 4.52 Å². The fraction of sp³-hybridized carbons (Fsp3) is 0.143. The first-order valence-corrected chi connectivity index (χ1v) is 6.73. The monoisotopic (exact) mass is 317 g/mol. The summed E-state index contributed by atoms with van der Waals surface area (Å²) >= 11 is 3.50. The predicted molar refractivity (Wildman–Crippen MR) is 77.4 cm³/mol. The van der Waals surface area contributed by atoms with Gasteiger partial charge in [-0.2, -0.15) is 5.10 Å². The van der Waals surface area contributed by atoms with Gasteiger partial charge in [-0.3, -0.25) is 4.79 Å².